The van der Waals surface area contributed by atoms with Crippen molar-refractivity contribution in [3.63, 3.8) is 0 Å². The molecule has 1 N–H and O–H groups in total. The Balaban J connectivity index is 1.71. The molecule has 0 saturated carbocycles. The zero-order valence-corrected chi connectivity index (χ0v) is 18.6. The standard InChI is InChI=1S/C25H27NO4S/c1-18-9-10-19(2)25(15-18)31(27,28)26-22(16-20-7-4-3-5-8-20)21-11-12-23-24(17-21)30-14-6-13-29-23/h3-5,7-12,15,17,22,26H,6,13-14,16H2,1-2H3. The number of nitrogens with one attached hydrogen (secondary N) is 1. The molecule has 3 aromatic rings. The second-order valence-electron chi connectivity index (χ2n) is 7.89. The average Bonchev–Trinajstić information content (AvgIpc) is 3.00. The highest BCUT2D eigenvalue weighted by atomic mass is 32.2. The molecule has 0 spiro atoms. The third-order valence-electron chi connectivity index (χ3n) is 5.39. The van der Waals surface area contributed by atoms with E-state index in [9.17, 15) is 8.42 Å². The van der Waals surface area contributed by atoms with E-state index in [1.54, 1.807) is 6.07 Å². The number of benzene rings is 3. The Morgan fingerprint density at radius 3 is 2.42 bits per heavy atom. The molecule has 31 heavy (non-hydrogen) atoms. The topological polar surface area (TPSA) is 64.6 Å². The summed E-state index contributed by atoms with van der Waals surface area (Å²) in [5, 5.41) is 0. The van der Waals surface area contributed by atoms with Gasteiger partial charge in [0.25, 0.3) is 0 Å². The van der Waals surface area contributed by atoms with E-state index in [0.29, 0.717) is 36.0 Å². The summed E-state index contributed by atoms with van der Waals surface area (Å²) in [4.78, 5) is 0.305. The molecule has 0 fully saturated rings. The van der Waals surface area contributed by atoms with Crippen LogP contribution in [0.1, 0.15) is 34.7 Å². The van der Waals surface area contributed by atoms with Gasteiger partial charge in [-0.3, -0.25) is 0 Å². The Morgan fingerprint density at radius 2 is 1.65 bits per heavy atom. The summed E-state index contributed by atoms with van der Waals surface area (Å²) in [5.74, 6) is 1.34. The predicted molar refractivity (Wildman–Crippen MR) is 121 cm³/mol. The van der Waals surface area contributed by atoms with Crippen molar-refractivity contribution in [2.75, 3.05) is 13.2 Å². The van der Waals surface area contributed by atoms with Crippen molar-refractivity contribution in [2.45, 2.75) is 37.6 Å². The molecule has 1 aliphatic heterocycles. The molecule has 5 nitrogen and oxygen atoms in total. The van der Waals surface area contributed by atoms with Crippen LogP contribution < -0.4 is 14.2 Å². The van der Waals surface area contributed by atoms with E-state index < -0.39 is 16.1 Å². The monoisotopic (exact) mass is 437 g/mol. The molecule has 1 heterocycles. The van der Waals surface area contributed by atoms with Crippen molar-refractivity contribution in [3.8, 4) is 11.5 Å². The van der Waals surface area contributed by atoms with E-state index in [1.165, 1.54) is 0 Å². The Bertz CT molecular complexity index is 1160. The summed E-state index contributed by atoms with van der Waals surface area (Å²) < 4.78 is 41.2. The summed E-state index contributed by atoms with van der Waals surface area (Å²) in [7, 11) is -3.73. The lowest BCUT2D eigenvalue weighted by Gasteiger charge is -2.21. The lowest BCUT2D eigenvalue weighted by molar-refractivity contribution is 0.297. The number of aryl methyl sites for hydroxylation is 2. The first kappa shape index (κ1) is 21.4. The quantitative estimate of drug-likeness (QED) is 0.606. The van der Waals surface area contributed by atoms with Crippen molar-refractivity contribution < 1.29 is 17.9 Å². The molecular weight excluding hydrogens is 410 g/mol. The fourth-order valence-electron chi connectivity index (χ4n) is 3.72. The van der Waals surface area contributed by atoms with Gasteiger partial charge in [0.1, 0.15) is 0 Å². The molecule has 0 aromatic heterocycles. The highest BCUT2D eigenvalue weighted by Crippen LogP contribution is 2.34. The van der Waals surface area contributed by atoms with Crippen LogP contribution in [0.5, 0.6) is 11.5 Å². The summed E-state index contributed by atoms with van der Waals surface area (Å²) >= 11 is 0. The van der Waals surface area contributed by atoms with E-state index >= 15 is 0 Å². The fourth-order valence-corrected chi connectivity index (χ4v) is 5.28. The van der Waals surface area contributed by atoms with Crippen LogP contribution in [0.3, 0.4) is 0 Å². The largest absolute Gasteiger partial charge is 0.490 e. The summed E-state index contributed by atoms with van der Waals surface area (Å²) in [5.41, 5.74) is 3.50. The summed E-state index contributed by atoms with van der Waals surface area (Å²) in [6, 6.07) is 20.5. The lowest BCUT2D eigenvalue weighted by Crippen LogP contribution is -2.30. The van der Waals surface area contributed by atoms with Gasteiger partial charge >= 0.3 is 0 Å². The maximum atomic E-state index is 13.4. The Morgan fingerprint density at radius 1 is 0.903 bits per heavy atom. The highest BCUT2D eigenvalue weighted by Gasteiger charge is 2.25. The number of hydrogen-bond acceptors (Lipinski definition) is 4. The Hall–Kier alpha value is -2.83. The SMILES string of the molecule is Cc1ccc(C)c(S(=O)(=O)NC(Cc2ccccc2)c2ccc3c(c2)OCCCO3)c1. The van der Waals surface area contributed by atoms with Crippen LogP contribution in [-0.4, -0.2) is 21.6 Å². The maximum Gasteiger partial charge on any atom is 0.241 e. The minimum absolute atomic E-state index is 0.305. The zero-order chi connectivity index (χ0) is 21.8. The third kappa shape index (κ3) is 5.09. The van der Waals surface area contributed by atoms with Crippen LogP contribution in [0.15, 0.2) is 71.6 Å². The Labute approximate surface area is 184 Å². The molecule has 1 atom stereocenters. The summed E-state index contributed by atoms with van der Waals surface area (Å²) in [6.07, 6.45) is 1.33. The minimum atomic E-state index is -3.73. The Kier molecular flexibility index (Phi) is 6.30. The first-order chi connectivity index (χ1) is 14.9. The van der Waals surface area contributed by atoms with Gasteiger partial charge < -0.3 is 9.47 Å². The second-order valence-corrected chi connectivity index (χ2v) is 9.57. The molecule has 0 aliphatic carbocycles. The molecule has 0 radical (unpaired) electrons. The first-order valence-electron chi connectivity index (χ1n) is 10.5. The number of rotatable bonds is 6. The van der Waals surface area contributed by atoms with Gasteiger partial charge in [0, 0.05) is 6.42 Å². The van der Waals surface area contributed by atoms with Crippen LogP contribution in [0.25, 0.3) is 0 Å². The van der Waals surface area contributed by atoms with Crippen molar-refractivity contribution in [1.82, 2.24) is 4.72 Å². The van der Waals surface area contributed by atoms with Gasteiger partial charge in [-0.1, -0.05) is 48.5 Å². The van der Waals surface area contributed by atoms with E-state index in [-0.39, 0.29) is 0 Å². The van der Waals surface area contributed by atoms with Crippen molar-refractivity contribution in [2.24, 2.45) is 0 Å². The number of ether oxygens (including phenoxy) is 2. The van der Waals surface area contributed by atoms with Crippen molar-refractivity contribution in [3.05, 3.63) is 89.0 Å². The van der Waals surface area contributed by atoms with Gasteiger partial charge in [0.05, 0.1) is 24.2 Å². The van der Waals surface area contributed by atoms with Crippen LogP contribution in [-0.2, 0) is 16.4 Å². The van der Waals surface area contributed by atoms with E-state index in [4.69, 9.17) is 9.47 Å². The third-order valence-corrected chi connectivity index (χ3v) is 7.00. The average molecular weight is 438 g/mol. The van der Waals surface area contributed by atoms with E-state index in [0.717, 1.165) is 28.7 Å². The molecule has 0 bridgehead atoms. The number of hydrogen-bond donors (Lipinski definition) is 1. The van der Waals surface area contributed by atoms with Crippen LogP contribution in [0.4, 0.5) is 0 Å². The molecule has 1 aliphatic rings. The minimum Gasteiger partial charge on any atom is -0.490 e. The zero-order valence-electron chi connectivity index (χ0n) is 17.8. The first-order valence-corrected chi connectivity index (χ1v) is 11.9. The maximum absolute atomic E-state index is 13.4. The summed E-state index contributed by atoms with van der Waals surface area (Å²) in [6.45, 7) is 4.89. The number of sulfonamides is 1. The van der Waals surface area contributed by atoms with Gasteiger partial charge in [0.2, 0.25) is 10.0 Å². The van der Waals surface area contributed by atoms with Gasteiger partial charge in [-0.05, 0) is 60.7 Å². The number of fused-ring (bicyclic) bond motifs is 1. The van der Waals surface area contributed by atoms with Gasteiger partial charge in [0.15, 0.2) is 11.5 Å². The van der Waals surface area contributed by atoms with Gasteiger partial charge in [-0.15, -0.1) is 0 Å². The lowest BCUT2D eigenvalue weighted by atomic mass is 9.99. The van der Waals surface area contributed by atoms with Crippen LogP contribution in [0.2, 0.25) is 0 Å². The van der Waals surface area contributed by atoms with Crippen LogP contribution >= 0.6 is 0 Å². The predicted octanol–water partition coefficient (Wildman–Crippen LogP) is 4.73. The molecule has 162 valence electrons. The van der Waals surface area contributed by atoms with Crippen LogP contribution in [0, 0.1) is 13.8 Å². The van der Waals surface area contributed by atoms with E-state index in [1.807, 2.05) is 74.5 Å². The molecule has 0 amide bonds. The van der Waals surface area contributed by atoms with Gasteiger partial charge in [-0.25, -0.2) is 13.1 Å². The molecule has 4 rings (SSSR count). The van der Waals surface area contributed by atoms with Crippen molar-refractivity contribution in [1.29, 1.82) is 0 Å². The second kappa shape index (κ2) is 9.12. The molecule has 6 heteroatoms. The van der Waals surface area contributed by atoms with E-state index in [2.05, 4.69) is 4.72 Å². The molecular formula is C25H27NO4S. The van der Waals surface area contributed by atoms with Gasteiger partial charge in [-0.2, -0.15) is 0 Å². The normalized spacial score (nSPS) is 14.6. The fraction of sp³-hybridized carbons (Fsp3) is 0.280. The smallest absolute Gasteiger partial charge is 0.241 e. The molecule has 1 unspecified atom stereocenters. The molecule has 0 saturated heterocycles. The highest BCUT2D eigenvalue weighted by molar-refractivity contribution is 7.89. The molecule has 3 aromatic carbocycles. The van der Waals surface area contributed by atoms with Crippen molar-refractivity contribution >= 4 is 10.0 Å².